The minimum absolute atomic E-state index is 0.159. The van der Waals surface area contributed by atoms with Crippen LogP contribution in [0.25, 0.3) is 0 Å². The Labute approximate surface area is 127 Å². The molecule has 0 aliphatic rings. The molecule has 5 heteroatoms. The summed E-state index contributed by atoms with van der Waals surface area (Å²) in [5.74, 6) is -0.300. The standard InChI is InChI=1S/C16H15ClF2O2/c1-20-11-5-7-12(8-6-11)21-15(9-10-17)13-3-2-4-14(18)16(13)19/h2-8,15H,9-10H2,1H3. The topological polar surface area (TPSA) is 18.5 Å². The molecule has 0 aromatic heterocycles. The van der Waals surface area contributed by atoms with Crippen molar-refractivity contribution < 1.29 is 18.3 Å². The Morgan fingerprint density at radius 3 is 2.33 bits per heavy atom. The van der Waals surface area contributed by atoms with Gasteiger partial charge in [0.1, 0.15) is 17.6 Å². The van der Waals surface area contributed by atoms with Crippen molar-refractivity contribution in [1.82, 2.24) is 0 Å². The molecule has 2 nitrogen and oxygen atoms in total. The third-order valence-electron chi connectivity index (χ3n) is 3.04. The van der Waals surface area contributed by atoms with Gasteiger partial charge in [0.2, 0.25) is 0 Å². The third kappa shape index (κ3) is 3.85. The van der Waals surface area contributed by atoms with Crippen LogP contribution in [0.1, 0.15) is 18.1 Å². The van der Waals surface area contributed by atoms with Crippen LogP contribution in [0.2, 0.25) is 0 Å². The van der Waals surface area contributed by atoms with Crippen molar-refractivity contribution in [2.24, 2.45) is 0 Å². The Morgan fingerprint density at radius 1 is 1.05 bits per heavy atom. The van der Waals surface area contributed by atoms with Crippen LogP contribution in [0, 0.1) is 11.6 Å². The second-order valence-electron chi connectivity index (χ2n) is 4.40. The zero-order valence-corrected chi connectivity index (χ0v) is 12.2. The number of alkyl halides is 1. The van der Waals surface area contributed by atoms with Gasteiger partial charge in [0.25, 0.3) is 0 Å². The first kappa shape index (κ1) is 15.6. The van der Waals surface area contributed by atoms with E-state index in [2.05, 4.69) is 0 Å². The van der Waals surface area contributed by atoms with E-state index < -0.39 is 17.7 Å². The van der Waals surface area contributed by atoms with Gasteiger partial charge in [-0.1, -0.05) is 12.1 Å². The number of methoxy groups -OCH3 is 1. The molecule has 0 heterocycles. The molecule has 0 radical (unpaired) electrons. The predicted octanol–water partition coefficient (Wildman–Crippen LogP) is 4.72. The molecule has 0 saturated heterocycles. The van der Waals surface area contributed by atoms with Gasteiger partial charge >= 0.3 is 0 Å². The highest BCUT2D eigenvalue weighted by molar-refractivity contribution is 6.17. The Bertz CT molecular complexity index is 587. The summed E-state index contributed by atoms with van der Waals surface area (Å²) >= 11 is 5.74. The summed E-state index contributed by atoms with van der Waals surface area (Å²) in [7, 11) is 1.56. The van der Waals surface area contributed by atoms with E-state index in [4.69, 9.17) is 21.1 Å². The fourth-order valence-corrected chi connectivity index (χ4v) is 2.16. The van der Waals surface area contributed by atoms with Crippen LogP contribution >= 0.6 is 11.6 Å². The van der Waals surface area contributed by atoms with Gasteiger partial charge < -0.3 is 9.47 Å². The van der Waals surface area contributed by atoms with Gasteiger partial charge in [0, 0.05) is 17.9 Å². The number of halogens is 3. The SMILES string of the molecule is COc1ccc(OC(CCCl)c2cccc(F)c2F)cc1. The Hall–Kier alpha value is -1.81. The van der Waals surface area contributed by atoms with Crippen LogP contribution in [0.15, 0.2) is 42.5 Å². The molecule has 0 aliphatic carbocycles. The summed E-state index contributed by atoms with van der Waals surface area (Å²) in [6.07, 6.45) is -0.278. The average molecular weight is 313 g/mol. The maximum Gasteiger partial charge on any atom is 0.165 e. The number of rotatable bonds is 6. The van der Waals surface area contributed by atoms with Crippen molar-refractivity contribution in [2.75, 3.05) is 13.0 Å². The lowest BCUT2D eigenvalue weighted by molar-refractivity contribution is 0.195. The van der Waals surface area contributed by atoms with E-state index in [9.17, 15) is 8.78 Å². The van der Waals surface area contributed by atoms with E-state index in [1.54, 1.807) is 31.4 Å². The lowest BCUT2D eigenvalue weighted by Gasteiger charge is -2.19. The van der Waals surface area contributed by atoms with Crippen molar-refractivity contribution >= 4 is 11.6 Å². The highest BCUT2D eigenvalue weighted by Gasteiger charge is 2.19. The smallest absolute Gasteiger partial charge is 0.165 e. The lowest BCUT2D eigenvalue weighted by Crippen LogP contribution is -2.11. The lowest BCUT2D eigenvalue weighted by atomic mass is 10.1. The molecule has 2 aromatic rings. The average Bonchev–Trinajstić information content (AvgIpc) is 2.50. The van der Waals surface area contributed by atoms with E-state index in [-0.39, 0.29) is 11.4 Å². The molecule has 0 fully saturated rings. The maximum atomic E-state index is 13.9. The summed E-state index contributed by atoms with van der Waals surface area (Å²) in [6.45, 7) is 0. The number of hydrogen-bond donors (Lipinski definition) is 0. The number of hydrogen-bond acceptors (Lipinski definition) is 2. The van der Waals surface area contributed by atoms with Crippen LogP contribution in [-0.4, -0.2) is 13.0 Å². The Kier molecular flexibility index (Phi) is 5.39. The van der Waals surface area contributed by atoms with Crippen molar-refractivity contribution in [3.8, 4) is 11.5 Å². The highest BCUT2D eigenvalue weighted by atomic mass is 35.5. The molecule has 0 saturated carbocycles. The van der Waals surface area contributed by atoms with E-state index in [0.717, 1.165) is 6.07 Å². The first-order valence-electron chi connectivity index (χ1n) is 6.46. The molecule has 0 aliphatic heterocycles. The molecule has 1 atom stereocenters. The summed E-state index contributed by atoms with van der Waals surface area (Å²) in [6, 6.07) is 10.9. The van der Waals surface area contributed by atoms with Crippen LogP contribution in [0.4, 0.5) is 8.78 Å². The third-order valence-corrected chi connectivity index (χ3v) is 3.26. The summed E-state index contributed by atoms with van der Waals surface area (Å²) in [5, 5.41) is 0. The van der Waals surface area contributed by atoms with Gasteiger partial charge in [0.15, 0.2) is 11.6 Å². The Balaban J connectivity index is 2.24. The molecule has 112 valence electrons. The van der Waals surface area contributed by atoms with Gasteiger partial charge in [0.05, 0.1) is 7.11 Å². The first-order chi connectivity index (χ1) is 10.2. The van der Waals surface area contributed by atoms with Crippen LogP contribution in [0.5, 0.6) is 11.5 Å². The van der Waals surface area contributed by atoms with Crippen LogP contribution in [-0.2, 0) is 0 Å². The van der Waals surface area contributed by atoms with Gasteiger partial charge in [-0.2, -0.15) is 0 Å². The molecule has 2 rings (SSSR count). The fourth-order valence-electron chi connectivity index (χ4n) is 1.96. The molecular formula is C16H15ClF2O2. The number of benzene rings is 2. The van der Waals surface area contributed by atoms with Gasteiger partial charge in [-0.25, -0.2) is 8.78 Å². The van der Waals surface area contributed by atoms with E-state index in [1.807, 2.05) is 0 Å². The second kappa shape index (κ2) is 7.27. The first-order valence-corrected chi connectivity index (χ1v) is 6.99. The second-order valence-corrected chi connectivity index (χ2v) is 4.78. The molecule has 1 unspecified atom stereocenters. The van der Waals surface area contributed by atoms with E-state index >= 15 is 0 Å². The molecule has 21 heavy (non-hydrogen) atoms. The summed E-state index contributed by atoms with van der Waals surface area (Å²) in [5.41, 5.74) is 0.159. The summed E-state index contributed by atoms with van der Waals surface area (Å²) < 4.78 is 38.0. The zero-order chi connectivity index (χ0) is 15.2. The summed E-state index contributed by atoms with van der Waals surface area (Å²) in [4.78, 5) is 0. The van der Waals surface area contributed by atoms with Gasteiger partial charge in [-0.3, -0.25) is 0 Å². The van der Waals surface area contributed by atoms with Gasteiger partial charge in [-0.05, 0) is 30.3 Å². The molecular weight excluding hydrogens is 298 g/mol. The maximum absolute atomic E-state index is 13.9. The largest absolute Gasteiger partial charge is 0.497 e. The molecule has 0 bridgehead atoms. The molecule has 0 N–H and O–H groups in total. The van der Waals surface area contributed by atoms with E-state index in [1.165, 1.54) is 12.1 Å². The normalized spacial score (nSPS) is 12.0. The minimum Gasteiger partial charge on any atom is -0.497 e. The monoisotopic (exact) mass is 312 g/mol. The van der Waals surface area contributed by atoms with Crippen molar-refractivity contribution in [3.63, 3.8) is 0 Å². The molecule has 0 amide bonds. The zero-order valence-electron chi connectivity index (χ0n) is 11.5. The molecule has 2 aromatic carbocycles. The van der Waals surface area contributed by atoms with Crippen molar-refractivity contribution in [1.29, 1.82) is 0 Å². The quantitative estimate of drug-likeness (QED) is 0.718. The number of ether oxygens (including phenoxy) is 2. The van der Waals surface area contributed by atoms with Crippen LogP contribution < -0.4 is 9.47 Å². The van der Waals surface area contributed by atoms with Crippen LogP contribution in [0.3, 0.4) is 0 Å². The fraction of sp³-hybridized carbons (Fsp3) is 0.250. The van der Waals surface area contributed by atoms with Crippen molar-refractivity contribution in [2.45, 2.75) is 12.5 Å². The minimum atomic E-state index is -0.902. The van der Waals surface area contributed by atoms with E-state index in [0.29, 0.717) is 17.9 Å². The highest BCUT2D eigenvalue weighted by Crippen LogP contribution is 2.29. The van der Waals surface area contributed by atoms with Gasteiger partial charge in [-0.15, -0.1) is 11.6 Å². The van der Waals surface area contributed by atoms with Crippen molar-refractivity contribution in [3.05, 3.63) is 59.7 Å². The molecule has 0 spiro atoms. The Morgan fingerprint density at radius 2 is 1.71 bits per heavy atom. The predicted molar refractivity (Wildman–Crippen MR) is 78.1 cm³/mol.